The quantitative estimate of drug-likeness (QED) is 0.191. The van der Waals surface area contributed by atoms with Gasteiger partial charge in [-0.15, -0.1) is 0 Å². The van der Waals surface area contributed by atoms with E-state index in [9.17, 15) is 19.2 Å². The molecule has 0 rings (SSSR count). The molecule has 0 fully saturated rings. The molecule has 10 nitrogen and oxygen atoms in total. The van der Waals surface area contributed by atoms with Gasteiger partial charge < -0.3 is 18.9 Å². The van der Waals surface area contributed by atoms with Crippen LogP contribution in [0.4, 0.5) is 0 Å². The molecule has 0 saturated carbocycles. The van der Waals surface area contributed by atoms with E-state index >= 15 is 0 Å². The molecule has 0 bridgehead atoms. The Morgan fingerprint density at radius 2 is 0.812 bits per heavy atom. The molecule has 0 heterocycles. The molecule has 0 aromatic rings. The Balaban J connectivity index is 0. The number of hydrogen-bond acceptors (Lipinski definition) is 10. The number of nitrogens with zero attached hydrogens (tertiary/aromatic N) is 2. The fraction of sp³-hybridized carbons (Fsp3) is 0.818. The van der Waals surface area contributed by atoms with Crippen LogP contribution in [0.1, 0.15) is 52.4 Å². The van der Waals surface area contributed by atoms with Gasteiger partial charge in [-0.1, -0.05) is 39.5 Å². The molecule has 0 unspecified atom stereocenters. The van der Waals surface area contributed by atoms with Gasteiger partial charge in [-0.2, -0.15) is 0 Å². The highest BCUT2D eigenvalue weighted by atomic mass is 16.5. The summed E-state index contributed by atoms with van der Waals surface area (Å²) < 4.78 is 18.3. The van der Waals surface area contributed by atoms with Gasteiger partial charge in [0, 0.05) is 0 Å². The second-order valence-corrected chi connectivity index (χ2v) is 7.14. The monoisotopic (exact) mass is 462 g/mol. The lowest BCUT2D eigenvalue weighted by atomic mass is 10.2. The molecule has 0 saturated heterocycles. The minimum absolute atomic E-state index is 0.131. The second kappa shape index (κ2) is 22.0. The second-order valence-electron chi connectivity index (χ2n) is 7.14. The van der Waals surface area contributed by atoms with Gasteiger partial charge in [0.1, 0.15) is 0 Å². The van der Waals surface area contributed by atoms with E-state index in [0.29, 0.717) is 13.1 Å². The first-order chi connectivity index (χ1) is 15.3. The molecule has 0 atom stereocenters. The first kappa shape index (κ1) is 32.0. The minimum Gasteiger partial charge on any atom is -0.468 e. The number of rotatable bonds is 16. The molecule has 0 aromatic carbocycles. The van der Waals surface area contributed by atoms with Gasteiger partial charge in [0.05, 0.1) is 54.6 Å². The van der Waals surface area contributed by atoms with Gasteiger partial charge in [0.15, 0.2) is 0 Å². The Hall–Kier alpha value is -2.20. The molecule has 188 valence electrons. The Labute approximate surface area is 192 Å². The number of unbranched alkanes of at least 4 members (excludes halogenated alkanes) is 4. The van der Waals surface area contributed by atoms with E-state index in [2.05, 4.69) is 32.8 Å². The maximum Gasteiger partial charge on any atom is 0.319 e. The van der Waals surface area contributed by atoms with Crippen LogP contribution in [0.2, 0.25) is 0 Å². The van der Waals surface area contributed by atoms with Crippen LogP contribution in [0.25, 0.3) is 0 Å². The van der Waals surface area contributed by atoms with Gasteiger partial charge in [-0.05, 0) is 25.9 Å². The normalized spacial score (nSPS) is 10.2. The smallest absolute Gasteiger partial charge is 0.319 e. The molecule has 0 amide bonds. The molecule has 0 radical (unpaired) electrons. The summed E-state index contributed by atoms with van der Waals surface area (Å²) in [4.78, 5) is 47.9. The number of hydrogen-bond donors (Lipinski definition) is 0. The van der Waals surface area contributed by atoms with E-state index < -0.39 is 0 Å². The van der Waals surface area contributed by atoms with Crippen molar-refractivity contribution < 1.29 is 38.1 Å². The highest BCUT2D eigenvalue weighted by molar-refractivity contribution is 5.75. The van der Waals surface area contributed by atoms with Crippen molar-refractivity contribution in [3.05, 3.63) is 0 Å². The number of carbonyl (C=O) groups is 4. The van der Waals surface area contributed by atoms with Crippen molar-refractivity contribution in [2.24, 2.45) is 0 Å². The summed E-state index contributed by atoms with van der Waals surface area (Å²) in [6.45, 7) is 6.13. The van der Waals surface area contributed by atoms with E-state index in [4.69, 9.17) is 0 Å². The molecular formula is C22H42N2O8. The third-order valence-electron chi connectivity index (χ3n) is 4.48. The van der Waals surface area contributed by atoms with Crippen LogP contribution in [-0.4, -0.2) is 101 Å². The van der Waals surface area contributed by atoms with Crippen LogP contribution in [0.15, 0.2) is 0 Å². The topological polar surface area (TPSA) is 112 Å². The molecule has 0 aliphatic rings. The van der Waals surface area contributed by atoms with Crippen LogP contribution in [0, 0.1) is 0 Å². The number of methoxy groups -OCH3 is 4. The summed E-state index contributed by atoms with van der Waals surface area (Å²) in [5.41, 5.74) is 0. The largest absolute Gasteiger partial charge is 0.468 e. The molecule has 10 heteroatoms. The average molecular weight is 463 g/mol. The van der Waals surface area contributed by atoms with Crippen LogP contribution in [0.3, 0.4) is 0 Å². The number of ether oxygens (including phenoxy) is 4. The molecule has 32 heavy (non-hydrogen) atoms. The van der Waals surface area contributed by atoms with Crippen LogP contribution >= 0.6 is 0 Å². The van der Waals surface area contributed by atoms with Gasteiger partial charge in [-0.25, -0.2) is 0 Å². The highest BCUT2D eigenvalue weighted by Gasteiger charge is 2.15. The summed E-state index contributed by atoms with van der Waals surface area (Å²) in [6.07, 6.45) is 6.36. The first-order valence-electron chi connectivity index (χ1n) is 11.0. The Morgan fingerprint density at radius 1 is 0.500 bits per heavy atom. The summed E-state index contributed by atoms with van der Waals surface area (Å²) in [5.74, 6) is -1.33. The maximum atomic E-state index is 11.2. The zero-order valence-corrected chi connectivity index (χ0v) is 20.6. The third-order valence-corrected chi connectivity index (χ3v) is 4.48. The van der Waals surface area contributed by atoms with Crippen molar-refractivity contribution in [3.8, 4) is 0 Å². The van der Waals surface area contributed by atoms with Crippen molar-refractivity contribution in [1.82, 2.24) is 9.80 Å². The average Bonchev–Trinajstić information content (AvgIpc) is 2.79. The lowest BCUT2D eigenvalue weighted by Crippen LogP contribution is -2.36. The van der Waals surface area contributed by atoms with E-state index in [0.717, 1.165) is 32.1 Å². The first-order valence-corrected chi connectivity index (χ1v) is 11.0. The Kier molecular flexibility index (Phi) is 22.0. The third kappa shape index (κ3) is 19.7. The van der Waals surface area contributed by atoms with E-state index in [1.807, 2.05) is 0 Å². The van der Waals surface area contributed by atoms with Crippen LogP contribution in [0.5, 0.6) is 0 Å². The fourth-order valence-corrected chi connectivity index (χ4v) is 2.56. The molecular weight excluding hydrogens is 420 g/mol. The van der Waals surface area contributed by atoms with Gasteiger partial charge >= 0.3 is 23.9 Å². The predicted molar refractivity (Wildman–Crippen MR) is 120 cm³/mol. The van der Waals surface area contributed by atoms with Crippen molar-refractivity contribution >= 4 is 23.9 Å². The van der Waals surface area contributed by atoms with Crippen LogP contribution in [-0.2, 0) is 38.1 Å². The summed E-state index contributed by atoms with van der Waals surface area (Å²) >= 11 is 0. The molecule has 0 aliphatic heterocycles. The number of esters is 4. The molecule has 0 N–H and O–H groups in total. The van der Waals surface area contributed by atoms with Gasteiger partial charge in [0.2, 0.25) is 0 Å². The standard InChI is InChI=1S/C12H23NO4.C10H19NO4/c1-4-5-6-7-8-13(9-11(14)16-2)10-12(15)17-3;1-4-5-6-11(7-9(12)14-2)8-10(13)15-3/h4-10H2,1-3H3;4-8H2,1-3H3. The van der Waals surface area contributed by atoms with Gasteiger partial charge in [0.25, 0.3) is 0 Å². The lowest BCUT2D eigenvalue weighted by molar-refractivity contribution is -0.147. The summed E-state index contributed by atoms with van der Waals surface area (Å²) in [6, 6.07) is 0. The Bertz CT molecular complexity index is 492. The van der Waals surface area contributed by atoms with E-state index in [1.54, 1.807) is 9.80 Å². The molecule has 0 aliphatic carbocycles. The van der Waals surface area contributed by atoms with Crippen molar-refractivity contribution in [1.29, 1.82) is 0 Å². The summed E-state index contributed by atoms with van der Waals surface area (Å²) in [7, 11) is 5.35. The maximum absolute atomic E-state index is 11.2. The Morgan fingerprint density at radius 3 is 1.09 bits per heavy atom. The number of carbonyl (C=O) groups excluding carboxylic acids is 4. The van der Waals surface area contributed by atoms with Crippen LogP contribution < -0.4 is 0 Å². The molecule has 0 spiro atoms. The zero-order valence-electron chi connectivity index (χ0n) is 20.6. The van der Waals surface area contributed by atoms with Crippen molar-refractivity contribution in [2.75, 3.05) is 67.7 Å². The molecule has 0 aromatic heterocycles. The van der Waals surface area contributed by atoms with Crippen molar-refractivity contribution in [2.45, 2.75) is 52.4 Å². The van der Waals surface area contributed by atoms with E-state index in [1.165, 1.54) is 34.9 Å². The summed E-state index contributed by atoms with van der Waals surface area (Å²) in [5, 5.41) is 0. The van der Waals surface area contributed by atoms with E-state index in [-0.39, 0.29) is 50.1 Å². The van der Waals surface area contributed by atoms with Crippen molar-refractivity contribution in [3.63, 3.8) is 0 Å². The highest BCUT2D eigenvalue weighted by Crippen LogP contribution is 2.02. The zero-order chi connectivity index (χ0) is 24.8. The lowest BCUT2D eigenvalue weighted by Gasteiger charge is -2.19. The SMILES string of the molecule is CCCCCCN(CC(=O)OC)CC(=O)OC.CCCCN(CC(=O)OC)CC(=O)OC. The van der Waals surface area contributed by atoms with Gasteiger partial charge in [-0.3, -0.25) is 29.0 Å². The fourth-order valence-electron chi connectivity index (χ4n) is 2.56. The predicted octanol–water partition coefficient (Wildman–Crippen LogP) is 1.65. The minimum atomic E-state index is -0.338.